The number of aryl methyl sites for hydroxylation is 1. The lowest BCUT2D eigenvalue weighted by Crippen LogP contribution is -2.54. The van der Waals surface area contributed by atoms with Gasteiger partial charge in [-0.3, -0.25) is 19.8 Å². The van der Waals surface area contributed by atoms with Gasteiger partial charge in [-0.1, -0.05) is 18.2 Å². The molecule has 0 radical (unpaired) electrons. The third kappa shape index (κ3) is 2.56. The average Bonchev–Trinajstić information content (AvgIpc) is 2.90. The van der Waals surface area contributed by atoms with E-state index in [2.05, 4.69) is 5.32 Å². The summed E-state index contributed by atoms with van der Waals surface area (Å²) in [4.78, 5) is 26.0. The molecule has 1 aliphatic heterocycles. The number of hydrogen-bond donors (Lipinski definition) is 1. The average molecular weight is 312 g/mol. The molecule has 0 spiro atoms. The van der Waals surface area contributed by atoms with Crippen LogP contribution in [0.1, 0.15) is 11.5 Å². The number of thiocarbonyl (C=S) groups is 1. The van der Waals surface area contributed by atoms with E-state index in [1.807, 2.05) is 6.07 Å². The molecule has 1 N–H and O–H groups in total. The molecule has 2 aromatic rings. The summed E-state index contributed by atoms with van der Waals surface area (Å²) in [6.45, 7) is 1.79. The van der Waals surface area contributed by atoms with Gasteiger partial charge in [0.2, 0.25) is 0 Å². The first-order valence-corrected chi connectivity index (χ1v) is 7.00. The standard InChI is InChI=1S/C16H12N2O3S/c1-10-7-8-12(21-10)9-13-14(19)17-16(22)18(15(13)20)11-5-3-2-4-6-11/h2-9H,1H3,(H,17,19,22)/b13-9+. The van der Waals surface area contributed by atoms with E-state index in [4.69, 9.17) is 16.6 Å². The molecule has 1 aliphatic rings. The smallest absolute Gasteiger partial charge is 0.270 e. The van der Waals surface area contributed by atoms with E-state index >= 15 is 0 Å². The van der Waals surface area contributed by atoms with Crippen molar-refractivity contribution in [2.45, 2.75) is 6.92 Å². The first-order chi connectivity index (χ1) is 10.6. The highest BCUT2D eigenvalue weighted by atomic mass is 32.1. The third-order valence-corrected chi connectivity index (χ3v) is 3.45. The zero-order chi connectivity index (χ0) is 15.7. The van der Waals surface area contributed by atoms with Crippen LogP contribution in [-0.4, -0.2) is 16.9 Å². The van der Waals surface area contributed by atoms with Crippen molar-refractivity contribution in [2.24, 2.45) is 0 Å². The van der Waals surface area contributed by atoms with Gasteiger partial charge in [-0.25, -0.2) is 0 Å². The number of benzene rings is 1. The summed E-state index contributed by atoms with van der Waals surface area (Å²) in [5.41, 5.74) is 0.575. The second kappa shape index (κ2) is 5.57. The fraction of sp³-hybridized carbons (Fsp3) is 0.0625. The van der Waals surface area contributed by atoms with E-state index in [0.29, 0.717) is 17.2 Å². The van der Waals surface area contributed by atoms with E-state index in [1.54, 1.807) is 43.3 Å². The van der Waals surface area contributed by atoms with Crippen LogP contribution in [0.4, 0.5) is 5.69 Å². The van der Waals surface area contributed by atoms with Crippen LogP contribution in [0.3, 0.4) is 0 Å². The Hall–Kier alpha value is -2.73. The Morgan fingerprint density at radius 1 is 1.14 bits per heavy atom. The van der Waals surface area contributed by atoms with Gasteiger partial charge in [-0.05, 0) is 49.5 Å². The molecule has 2 heterocycles. The van der Waals surface area contributed by atoms with Crippen LogP contribution >= 0.6 is 12.2 Å². The fourth-order valence-corrected chi connectivity index (χ4v) is 2.42. The number of amides is 2. The van der Waals surface area contributed by atoms with Gasteiger partial charge in [-0.2, -0.15) is 0 Å². The predicted octanol–water partition coefficient (Wildman–Crippen LogP) is 2.42. The molecule has 2 amide bonds. The van der Waals surface area contributed by atoms with Crippen LogP contribution in [0, 0.1) is 6.92 Å². The molecule has 5 nitrogen and oxygen atoms in total. The van der Waals surface area contributed by atoms with Gasteiger partial charge in [0.25, 0.3) is 11.8 Å². The molecular formula is C16H12N2O3S. The lowest BCUT2D eigenvalue weighted by Gasteiger charge is -2.28. The number of carbonyl (C=O) groups is 2. The number of anilines is 1. The van der Waals surface area contributed by atoms with Crippen molar-refractivity contribution >= 4 is 40.9 Å². The maximum atomic E-state index is 12.6. The number of nitrogens with zero attached hydrogens (tertiary/aromatic N) is 1. The Labute approximate surface area is 132 Å². The maximum absolute atomic E-state index is 12.6. The van der Waals surface area contributed by atoms with Crippen molar-refractivity contribution in [2.75, 3.05) is 4.90 Å². The molecule has 1 saturated heterocycles. The first-order valence-electron chi connectivity index (χ1n) is 6.59. The molecular weight excluding hydrogens is 300 g/mol. The Morgan fingerprint density at radius 3 is 2.50 bits per heavy atom. The van der Waals surface area contributed by atoms with E-state index in [-0.39, 0.29) is 10.7 Å². The predicted molar refractivity (Wildman–Crippen MR) is 86.1 cm³/mol. The highest BCUT2D eigenvalue weighted by molar-refractivity contribution is 7.80. The number of nitrogens with one attached hydrogen (secondary N) is 1. The van der Waals surface area contributed by atoms with Gasteiger partial charge in [0, 0.05) is 0 Å². The molecule has 0 aliphatic carbocycles. The summed E-state index contributed by atoms with van der Waals surface area (Å²) in [7, 11) is 0. The van der Waals surface area contributed by atoms with Crippen molar-refractivity contribution in [1.82, 2.24) is 5.32 Å². The molecule has 1 fully saturated rings. The summed E-state index contributed by atoms with van der Waals surface area (Å²) in [5.74, 6) is 0.132. The number of hydrogen-bond acceptors (Lipinski definition) is 4. The van der Waals surface area contributed by atoms with Crippen LogP contribution < -0.4 is 10.2 Å². The maximum Gasteiger partial charge on any atom is 0.270 e. The van der Waals surface area contributed by atoms with Crippen LogP contribution in [0.15, 0.2) is 52.5 Å². The Kier molecular flexibility index (Phi) is 3.60. The number of para-hydroxylation sites is 1. The Balaban J connectivity index is 2.01. The monoisotopic (exact) mass is 312 g/mol. The lowest BCUT2D eigenvalue weighted by molar-refractivity contribution is -0.122. The molecule has 0 bridgehead atoms. The molecule has 1 aromatic heterocycles. The summed E-state index contributed by atoms with van der Waals surface area (Å²) in [5, 5.41) is 2.59. The normalized spacial score (nSPS) is 17.0. The second-order valence-corrected chi connectivity index (χ2v) is 5.13. The van der Waals surface area contributed by atoms with Crippen molar-refractivity contribution in [1.29, 1.82) is 0 Å². The lowest BCUT2D eigenvalue weighted by atomic mass is 10.1. The van der Waals surface area contributed by atoms with Gasteiger partial charge >= 0.3 is 0 Å². The molecule has 0 unspecified atom stereocenters. The topological polar surface area (TPSA) is 62.6 Å². The number of rotatable bonds is 2. The van der Waals surface area contributed by atoms with Gasteiger partial charge in [0.15, 0.2) is 5.11 Å². The van der Waals surface area contributed by atoms with Crippen molar-refractivity contribution in [3.63, 3.8) is 0 Å². The summed E-state index contributed by atoms with van der Waals surface area (Å²) < 4.78 is 5.39. The number of carbonyl (C=O) groups excluding carboxylic acids is 2. The summed E-state index contributed by atoms with van der Waals surface area (Å²) >= 11 is 5.11. The van der Waals surface area contributed by atoms with Crippen molar-refractivity contribution in [3.8, 4) is 0 Å². The SMILES string of the molecule is Cc1ccc(/C=C2\C(=O)NC(=S)N(c3ccccc3)C2=O)o1. The molecule has 110 valence electrons. The van der Waals surface area contributed by atoms with Gasteiger partial charge in [0.1, 0.15) is 17.1 Å². The number of furan rings is 1. The summed E-state index contributed by atoms with van der Waals surface area (Å²) in [6, 6.07) is 12.4. The van der Waals surface area contributed by atoms with Crippen molar-refractivity contribution in [3.05, 3.63) is 59.6 Å². The zero-order valence-electron chi connectivity index (χ0n) is 11.7. The van der Waals surface area contributed by atoms with E-state index in [9.17, 15) is 9.59 Å². The third-order valence-electron chi connectivity index (χ3n) is 3.16. The van der Waals surface area contributed by atoms with Crippen LogP contribution in [0.2, 0.25) is 0 Å². The molecule has 6 heteroatoms. The highest BCUT2D eigenvalue weighted by Crippen LogP contribution is 2.22. The minimum atomic E-state index is -0.531. The van der Waals surface area contributed by atoms with Crippen molar-refractivity contribution < 1.29 is 14.0 Å². The van der Waals surface area contributed by atoms with Gasteiger partial charge < -0.3 is 4.42 Å². The first kappa shape index (κ1) is 14.2. The van der Waals surface area contributed by atoms with Crippen LogP contribution in [0.25, 0.3) is 6.08 Å². The minimum absolute atomic E-state index is 0.0215. The van der Waals surface area contributed by atoms with E-state index in [0.717, 1.165) is 0 Å². The van der Waals surface area contributed by atoms with Gasteiger partial charge in [-0.15, -0.1) is 0 Å². The molecule has 3 rings (SSSR count). The van der Waals surface area contributed by atoms with Crippen LogP contribution in [0.5, 0.6) is 0 Å². The second-order valence-electron chi connectivity index (χ2n) is 4.74. The highest BCUT2D eigenvalue weighted by Gasteiger charge is 2.34. The molecule has 0 saturated carbocycles. The summed E-state index contributed by atoms with van der Waals surface area (Å²) in [6.07, 6.45) is 1.42. The van der Waals surface area contributed by atoms with Gasteiger partial charge in [0.05, 0.1) is 5.69 Å². The van der Waals surface area contributed by atoms with E-state index in [1.165, 1.54) is 11.0 Å². The molecule has 22 heavy (non-hydrogen) atoms. The Bertz CT molecular complexity index is 793. The molecule has 1 aromatic carbocycles. The quantitative estimate of drug-likeness (QED) is 0.525. The van der Waals surface area contributed by atoms with E-state index < -0.39 is 11.8 Å². The fourth-order valence-electron chi connectivity index (χ4n) is 2.14. The largest absolute Gasteiger partial charge is 0.462 e. The van der Waals surface area contributed by atoms with Crippen LogP contribution in [-0.2, 0) is 9.59 Å². The Morgan fingerprint density at radius 2 is 1.86 bits per heavy atom. The zero-order valence-corrected chi connectivity index (χ0v) is 12.5. The molecule has 0 atom stereocenters. The minimum Gasteiger partial charge on any atom is -0.462 e.